The number of aryl methyl sites for hydroxylation is 2. The van der Waals surface area contributed by atoms with Gasteiger partial charge in [0.1, 0.15) is 0 Å². The summed E-state index contributed by atoms with van der Waals surface area (Å²) < 4.78 is 0. The van der Waals surface area contributed by atoms with E-state index < -0.39 is 6.10 Å². The monoisotopic (exact) mass is 275 g/mol. The molecule has 1 aromatic heterocycles. The van der Waals surface area contributed by atoms with Crippen LogP contribution >= 0.6 is 11.3 Å². The van der Waals surface area contributed by atoms with Gasteiger partial charge >= 0.3 is 0 Å². The Balaban J connectivity index is 1.96. The van der Waals surface area contributed by atoms with E-state index in [4.69, 9.17) is 0 Å². The predicted molar refractivity (Wildman–Crippen MR) is 77.5 cm³/mol. The van der Waals surface area contributed by atoms with Crippen LogP contribution in [0.15, 0.2) is 36.4 Å². The van der Waals surface area contributed by atoms with Crippen LogP contribution < -0.4 is 5.32 Å². The number of thiophene rings is 1. The Morgan fingerprint density at radius 1 is 1.32 bits per heavy atom. The van der Waals surface area contributed by atoms with E-state index in [-0.39, 0.29) is 12.5 Å². The van der Waals surface area contributed by atoms with Gasteiger partial charge in [-0.05, 0) is 25.5 Å². The Morgan fingerprint density at radius 2 is 2.00 bits per heavy atom. The quantitative estimate of drug-likeness (QED) is 0.901. The van der Waals surface area contributed by atoms with Gasteiger partial charge in [-0.3, -0.25) is 4.79 Å². The highest BCUT2D eigenvalue weighted by molar-refractivity contribution is 7.12. The van der Waals surface area contributed by atoms with Crippen molar-refractivity contribution in [1.29, 1.82) is 0 Å². The van der Waals surface area contributed by atoms with Crippen molar-refractivity contribution < 1.29 is 9.90 Å². The average molecular weight is 275 g/mol. The molecule has 0 aliphatic carbocycles. The number of carbonyl (C=O) groups excluding carboxylic acids is 1. The number of carbonyl (C=O) groups is 1. The first-order valence-corrected chi connectivity index (χ1v) is 6.98. The van der Waals surface area contributed by atoms with E-state index in [1.54, 1.807) is 11.3 Å². The van der Waals surface area contributed by atoms with Crippen molar-refractivity contribution in [2.45, 2.75) is 20.0 Å². The van der Waals surface area contributed by atoms with Crippen molar-refractivity contribution >= 4 is 17.2 Å². The first-order chi connectivity index (χ1) is 9.08. The lowest BCUT2D eigenvalue weighted by atomic mass is 10.1. The minimum atomic E-state index is -0.676. The molecule has 2 N–H and O–H groups in total. The van der Waals surface area contributed by atoms with E-state index in [2.05, 4.69) is 5.32 Å². The average Bonchev–Trinajstić information content (AvgIpc) is 2.75. The third kappa shape index (κ3) is 3.43. The van der Waals surface area contributed by atoms with Crippen LogP contribution in [0.25, 0.3) is 0 Å². The van der Waals surface area contributed by atoms with Gasteiger partial charge in [-0.1, -0.05) is 30.3 Å². The maximum absolute atomic E-state index is 12.0. The molecule has 0 aliphatic rings. The van der Waals surface area contributed by atoms with E-state index in [1.165, 1.54) is 0 Å². The third-order valence-electron chi connectivity index (χ3n) is 2.93. The van der Waals surface area contributed by atoms with Gasteiger partial charge in [-0.2, -0.15) is 0 Å². The molecule has 2 aromatic rings. The smallest absolute Gasteiger partial charge is 0.252 e. The second kappa shape index (κ2) is 5.99. The van der Waals surface area contributed by atoms with Gasteiger partial charge in [0.05, 0.1) is 11.7 Å². The molecule has 1 amide bonds. The lowest BCUT2D eigenvalue weighted by Gasteiger charge is -2.12. The van der Waals surface area contributed by atoms with Crippen LogP contribution in [0.5, 0.6) is 0 Å². The van der Waals surface area contributed by atoms with Crippen LogP contribution in [-0.4, -0.2) is 17.6 Å². The molecule has 1 atom stereocenters. The van der Waals surface area contributed by atoms with Crippen molar-refractivity contribution in [3.8, 4) is 0 Å². The molecule has 1 heterocycles. The minimum absolute atomic E-state index is 0.128. The summed E-state index contributed by atoms with van der Waals surface area (Å²) in [6, 6.07) is 11.2. The van der Waals surface area contributed by atoms with Crippen LogP contribution in [0.4, 0.5) is 0 Å². The fourth-order valence-corrected chi connectivity index (χ4v) is 2.86. The third-order valence-corrected chi connectivity index (χ3v) is 3.89. The molecule has 0 aliphatic heterocycles. The zero-order valence-corrected chi connectivity index (χ0v) is 11.8. The van der Waals surface area contributed by atoms with E-state index in [0.717, 1.165) is 15.3 Å². The highest BCUT2D eigenvalue weighted by Crippen LogP contribution is 2.20. The number of benzene rings is 1. The highest BCUT2D eigenvalue weighted by Gasteiger charge is 2.14. The van der Waals surface area contributed by atoms with Gasteiger partial charge < -0.3 is 10.4 Å². The number of amides is 1. The molecule has 1 aromatic carbocycles. The summed E-state index contributed by atoms with van der Waals surface area (Å²) in [5, 5.41) is 12.7. The van der Waals surface area contributed by atoms with Gasteiger partial charge in [0, 0.05) is 16.3 Å². The fourth-order valence-electron chi connectivity index (χ4n) is 1.93. The largest absolute Gasteiger partial charge is 0.387 e. The Bertz CT molecular complexity index is 563. The van der Waals surface area contributed by atoms with Crippen molar-refractivity contribution in [3.05, 3.63) is 57.3 Å². The number of aliphatic hydroxyl groups excluding tert-OH is 1. The summed E-state index contributed by atoms with van der Waals surface area (Å²) in [6.07, 6.45) is -0.676. The van der Waals surface area contributed by atoms with Gasteiger partial charge in [0.2, 0.25) is 0 Å². The molecule has 0 saturated heterocycles. The Morgan fingerprint density at radius 3 is 2.58 bits per heavy atom. The van der Waals surface area contributed by atoms with E-state index >= 15 is 0 Å². The molecule has 0 radical (unpaired) electrons. The zero-order valence-electron chi connectivity index (χ0n) is 11.0. The first kappa shape index (κ1) is 13.8. The molecule has 0 bridgehead atoms. The fraction of sp³-hybridized carbons (Fsp3) is 0.267. The van der Waals surface area contributed by atoms with Crippen LogP contribution in [0.3, 0.4) is 0 Å². The van der Waals surface area contributed by atoms with E-state index in [0.29, 0.717) is 5.56 Å². The molecule has 2 rings (SSSR count). The molecule has 4 heteroatoms. The molecular weight excluding hydrogens is 258 g/mol. The van der Waals surface area contributed by atoms with Crippen molar-refractivity contribution in [2.75, 3.05) is 6.54 Å². The molecule has 0 spiro atoms. The summed E-state index contributed by atoms with van der Waals surface area (Å²) in [5.41, 5.74) is 1.50. The number of rotatable bonds is 4. The lowest BCUT2D eigenvalue weighted by Crippen LogP contribution is -2.28. The maximum Gasteiger partial charge on any atom is 0.252 e. The maximum atomic E-state index is 12.0. The van der Waals surface area contributed by atoms with Gasteiger partial charge in [-0.15, -0.1) is 11.3 Å². The van der Waals surface area contributed by atoms with Crippen molar-refractivity contribution in [3.63, 3.8) is 0 Å². The van der Waals surface area contributed by atoms with Crippen LogP contribution in [0.1, 0.15) is 31.8 Å². The number of aliphatic hydroxyl groups is 1. The summed E-state index contributed by atoms with van der Waals surface area (Å²) in [5.74, 6) is -0.128. The summed E-state index contributed by atoms with van der Waals surface area (Å²) in [4.78, 5) is 14.1. The second-order valence-electron chi connectivity index (χ2n) is 4.46. The Kier molecular flexibility index (Phi) is 4.35. The predicted octanol–water partition coefficient (Wildman–Crippen LogP) is 2.83. The minimum Gasteiger partial charge on any atom is -0.387 e. The molecule has 19 heavy (non-hydrogen) atoms. The lowest BCUT2D eigenvalue weighted by molar-refractivity contribution is 0.0916. The summed E-state index contributed by atoms with van der Waals surface area (Å²) >= 11 is 1.60. The second-order valence-corrected chi connectivity index (χ2v) is 5.92. The van der Waals surface area contributed by atoms with Crippen molar-refractivity contribution in [1.82, 2.24) is 5.32 Å². The molecule has 0 saturated carbocycles. The van der Waals surface area contributed by atoms with Crippen molar-refractivity contribution in [2.24, 2.45) is 0 Å². The topological polar surface area (TPSA) is 49.3 Å². The molecule has 3 nitrogen and oxygen atoms in total. The van der Waals surface area contributed by atoms with Gasteiger partial charge in [-0.25, -0.2) is 0 Å². The summed E-state index contributed by atoms with van der Waals surface area (Å²) in [7, 11) is 0. The van der Waals surface area contributed by atoms with Crippen LogP contribution in [0, 0.1) is 13.8 Å². The molecule has 100 valence electrons. The first-order valence-electron chi connectivity index (χ1n) is 6.16. The normalized spacial score (nSPS) is 12.2. The summed E-state index contributed by atoms with van der Waals surface area (Å²) in [6.45, 7) is 4.13. The SMILES string of the molecule is Cc1cc(C(=O)NCC(O)c2ccccc2)c(C)s1. The van der Waals surface area contributed by atoms with E-state index in [9.17, 15) is 9.90 Å². The standard InChI is InChI=1S/C15H17NO2S/c1-10-8-13(11(2)19-10)15(18)16-9-14(17)12-6-4-3-5-7-12/h3-8,14,17H,9H2,1-2H3,(H,16,18). The van der Waals surface area contributed by atoms with Gasteiger partial charge in [0.25, 0.3) is 5.91 Å². The number of hydrogen-bond acceptors (Lipinski definition) is 3. The highest BCUT2D eigenvalue weighted by atomic mass is 32.1. The van der Waals surface area contributed by atoms with Gasteiger partial charge in [0.15, 0.2) is 0 Å². The van der Waals surface area contributed by atoms with E-state index in [1.807, 2.05) is 50.2 Å². The Labute approximate surface area is 116 Å². The van der Waals surface area contributed by atoms with Crippen LogP contribution in [-0.2, 0) is 0 Å². The molecular formula is C15H17NO2S. The zero-order chi connectivity index (χ0) is 13.8. The molecule has 1 unspecified atom stereocenters. The number of nitrogens with one attached hydrogen (secondary N) is 1. The van der Waals surface area contributed by atoms with Crippen LogP contribution in [0.2, 0.25) is 0 Å². The Hall–Kier alpha value is -1.65. The number of hydrogen-bond donors (Lipinski definition) is 2. The molecule has 0 fully saturated rings.